The Kier molecular flexibility index (Phi) is 13.9. The number of likely N-dealkylation sites (tertiary alicyclic amines) is 1. The molecular weight excluding hydrogens is 542 g/mol. The summed E-state index contributed by atoms with van der Waals surface area (Å²) >= 11 is 1.19. The van der Waals surface area contributed by atoms with E-state index >= 15 is 0 Å². The van der Waals surface area contributed by atoms with Gasteiger partial charge in [-0.2, -0.15) is 0 Å². The molecule has 0 spiro atoms. The van der Waals surface area contributed by atoms with Crippen LogP contribution in [0.25, 0.3) is 0 Å². The molecule has 6 N–H and O–H groups in total. The molecule has 12 nitrogen and oxygen atoms in total. The molecule has 10 atom stereocenters. The number of hydrogen-bond acceptors (Lipinski definition) is 11. The molecule has 2 aliphatic heterocycles. The SMILES string of the molecule is CCCC1CCN(C(=O)OCOC(=O)C(N)C(C)CC)C(C(=O)NC(C(C)C)C2OC(SC)C(O)C(O)C2O)C1. The minimum Gasteiger partial charge on any atom is -0.427 e. The molecule has 0 aliphatic carbocycles. The van der Waals surface area contributed by atoms with Crippen LogP contribution in [0.2, 0.25) is 0 Å². The van der Waals surface area contributed by atoms with Crippen molar-refractivity contribution in [2.24, 2.45) is 23.5 Å². The summed E-state index contributed by atoms with van der Waals surface area (Å²) in [5.41, 5.74) is 5.09. The van der Waals surface area contributed by atoms with Gasteiger partial charge in [0.15, 0.2) is 0 Å². The maximum atomic E-state index is 13.7. The molecule has 40 heavy (non-hydrogen) atoms. The highest BCUT2D eigenvalue weighted by molar-refractivity contribution is 7.99. The Labute approximate surface area is 241 Å². The van der Waals surface area contributed by atoms with Crippen molar-refractivity contribution in [3.05, 3.63) is 0 Å². The summed E-state index contributed by atoms with van der Waals surface area (Å²) in [7, 11) is 0. The van der Waals surface area contributed by atoms with Crippen molar-refractivity contribution in [3.8, 4) is 0 Å². The van der Waals surface area contributed by atoms with Gasteiger partial charge in [-0.1, -0.05) is 53.9 Å². The Hall–Kier alpha value is -1.64. The Morgan fingerprint density at radius 3 is 2.35 bits per heavy atom. The van der Waals surface area contributed by atoms with Crippen molar-refractivity contribution in [1.29, 1.82) is 0 Å². The number of nitrogens with two attached hydrogens (primary N) is 1. The number of thioether (sulfide) groups is 1. The quantitative estimate of drug-likeness (QED) is 0.162. The third-order valence-corrected chi connectivity index (χ3v) is 8.93. The van der Waals surface area contributed by atoms with Crippen molar-refractivity contribution in [1.82, 2.24) is 10.2 Å². The van der Waals surface area contributed by atoms with Crippen LogP contribution in [-0.2, 0) is 23.8 Å². The van der Waals surface area contributed by atoms with E-state index < -0.39 is 72.7 Å². The number of carbonyl (C=O) groups is 3. The fourth-order valence-corrected chi connectivity index (χ4v) is 5.91. The topological polar surface area (TPSA) is 181 Å². The zero-order valence-electron chi connectivity index (χ0n) is 24.5. The highest BCUT2D eigenvalue weighted by Gasteiger charge is 2.48. The lowest BCUT2D eigenvalue weighted by Gasteiger charge is -2.45. The lowest BCUT2D eigenvalue weighted by Crippen LogP contribution is -2.65. The summed E-state index contributed by atoms with van der Waals surface area (Å²) in [4.78, 5) is 40.2. The van der Waals surface area contributed by atoms with E-state index in [1.165, 1.54) is 16.7 Å². The average molecular weight is 592 g/mol. The van der Waals surface area contributed by atoms with Crippen LogP contribution in [0.3, 0.4) is 0 Å². The molecule has 0 aromatic carbocycles. The van der Waals surface area contributed by atoms with E-state index in [9.17, 15) is 29.7 Å². The molecule has 2 saturated heterocycles. The van der Waals surface area contributed by atoms with Gasteiger partial charge in [0, 0.05) is 6.54 Å². The van der Waals surface area contributed by atoms with E-state index in [-0.39, 0.29) is 24.3 Å². The third-order valence-electron chi connectivity index (χ3n) is 8.08. The van der Waals surface area contributed by atoms with Crippen molar-refractivity contribution in [3.63, 3.8) is 0 Å². The number of carbonyl (C=O) groups excluding carboxylic acids is 3. The van der Waals surface area contributed by atoms with Gasteiger partial charge >= 0.3 is 12.1 Å². The average Bonchev–Trinajstić information content (AvgIpc) is 2.93. The van der Waals surface area contributed by atoms with Gasteiger partial charge in [-0.05, 0) is 36.9 Å². The van der Waals surface area contributed by atoms with E-state index in [1.807, 2.05) is 27.7 Å². The molecule has 0 bridgehead atoms. The Balaban J connectivity index is 2.15. The minimum absolute atomic E-state index is 0.0926. The monoisotopic (exact) mass is 591 g/mol. The number of rotatable bonds is 12. The smallest absolute Gasteiger partial charge is 0.413 e. The lowest BCUT2D eigenvalue weighted by molar-refractivity contribution is -0.208. The molecule has 0 aromatic rings. The van der Waals surface area contributed by atoms with Crippen LogP contribution in [-0.4, -0.2) is 106 Å². The Morgan fingerprint density at radius 2 is 1.77 bits per heavy atom. The maximum absolute atomic E-state index is 13.7. The molecule has 2 rings (SSSR count). The molecule has 10 unspecified atom stereocenters. The first kappa shape index (κ1) is 34.6. The van der Waals surface area contributed by atoms with Gasteiger partial charge in [0.1, 0.15) is 41.9 Å². The van der Waals surface area contributed by atoms with Crippen LogP contribution < -0.4 is 11.1 Å². The summed E-state index contributed by atoms with van der Waals surface area (Å²) in [5.74, 6) is -1.18. The van der Waals surface area contributed by atoms with E-state index in [1.54, 1.807) is 6.26 Å². The number of nitrogens with one attached hydrogen (secondary N) is 1. The van der Waals surface area contributed by atoms with Gasteiger partial charge in [0.25, 0.3) is 0 Å². The van der Waals surface area contributed by atoms with Crippen molar-refractivity contribution in [2.75, 3.05) is 19.6 Å². The Bertz CT molecular complexity index is 833. The molecule has 2 heterocycles. The molecule has 0 saturated carbocycles. The van der Waals surface area contributed by atoms with Crippen LogP contribution in [0.15, 0.2) is 0 Å². The number of piperidine rings is 1. The minimum atomic E-state index is -1.44. The van der Waals surface area contributed by atoms with E-state index in [4.69, 9.17) is 19.9 Å². The van der Waals surface area contributed by atoms with E-state index in [0.717, 1.165) is 12.8 Å². The molecule has 232 valence electrons. The van der Waals surface area contributed by atoms with Gasteiger partial charge in [0.2, 0.25) is 12.7 Å². The highest BCUT2D eigenvalue weighted by atomic mass is 32.2. The Morgan fingerprint density at radius 1 is 1.10 bits per heavy atom. The van der Waals surface area contributed by atoms with Crippen LogP contribution in [0.4, 0.5) is 4.79 Å². The van der Waals surface area contributed by atoms with Gasteiger partial charge in [-0.15, -0.1) is 11.8 Å². The highest BCUT2D eigenvalue weighted by Crippen LogP contribution is 2.32. The number of esters is 1. The number of hydrogen-bond donors (Lipinski definition) is 5. The molecule has 2 fully saturated rings. The van der Waals surface area contributed by atoms with Crippen LogP contribution in [0, 0.1) is 17.8 Å². The van der Waals surface area contributed by atoms with Crippen LogP contribution in [0.1, 0.15) is 66.7 Å². The van der Waals surface area contributed by atoms with Gasteiger partial charge in [0.05, 0.1) is 6.04 Å². The summed E-state index contributed by atoms with van der Waals surface area (Å²) in [6.07, 6.45) is -0.562. The zero-order valence-corrected chi connectivity index (χ0v) is 25.3. The molecule has 0 radical (unpaired) electrons. The van der Waals surface area contributed by atoms with Gasteiger partial charge < -0.3 is 40.6 Å². The number of aliphatic hydroxyl groups excluding tert-OH is 3. The molecular formula is C27H49N3O9S. The standard InChI is InChI=1S/C27H49N3O9S/c1-7-9-16-10-11-30(27(36)38-13-37-25(35)18(28)15(5)8-2)17(12-16)24(34)29-19(14(3)4)23-21(32)20(31)22(33)26(39-23)40-6/h14-23,26,31-33H,7-13,28H2,1-6H3,(H,29,34). The lowest BCUT2D eigenvalue weighted by atomic mass is 9.86. The largest absolute Gasteiger partial charge is 0.427 e. The predicted octanol–water partition coefficient (Wildman–Crippen LogP) is 1.19. The van der Waals surface area contributed by atoms with Crippen molar-refractivity contribution < 1.29 is 43.9 Å². The summed E-state index contributed by atoms with van der Waals surface area (Å²) in [6.45, 7) is 9.16. The summed E-state index contributed by atoms with van der Waals surface area (Å²) in [6, 6.07) is -2.40. The van der Waals surface area contributed by atoms with Crippen LogP contribution >= 0.6 is 11.8 Å². The number of aliphatic hydroxyl groups is 3. The summed E-state index contributed by atoms with van der Waals surface area (Å²) < 4.78 is 16.2. The summed E-state index contributed by atoms with van der Waals surface area (Å²) in [5, 5.41) is 34.3. The molecule has 0 aromatic heterocycles. The van der Waals surface area contributed by atoms with Gasteiger partial charge in [-0.3, -0.25) is 14.5 Å². The molecule has 13 heteroatoms. The number of nitrogens with zero attached hydrogens (tertiary/aromatic N) is 1. The third kappa shape index (κ3) is 8.68. The first-order chi connectivity index (χ1) is 18.9. The predicted molar refractivity (Wildman–Crippen MR) is 150 cm³/mol. The number of ether oxygens (including phenoxy) is 3. The first-order valence-electron chi connectivity index (χ1n) is 14.3. The second-order valence-electron chi connectivity index (χ2n) is 11.2. The first-order valence-corrected chi connectivity index (χ1v) is 15.5. The number of amides is 2. The van der Waals surface area contributed by atoms with Gasteiger partial charge in [-0.25, -0.2) is 4.79 Å². The van der Waals surface area contributed by atoms with E-state index in [0.29, 0.717) is 19.3 Å². The van der Waals surface area contributed by atoms with Crippen molar-refractivity contribution in [2.45, 2.75) is 115 Å². The van der Waals surface area contributed by atoms with E-state index in [2.05, 4.69) is 12.2 Å². The van der Waals surface area contributed by atoms with Crippen LogP contribution in [0.5, 0.6) is 0 Å². The normalized spacial score (nSPS) is 31.3. The second-order valence-corrected chi connectivity index (χ2v) is 12.2. The van der Waals surface area contributed by atoms with Crippen molar-refractivity contribution >= 4 is 29.7 Å². The fourth-order valence-electron chi connectivity index (χ4n) is 5.23. The second kappa shape index (κ2) is 16.1. The zero-order chi connectivity index (χ0) is 30.1. The molecule has 2 aliphatic rings. The molecule has 2 amide bonds. The maximum Gasteiger partial charge on any atom is 0.413 e. The fraction of sp³-hybridized carbons (Fsp3) is 0.889.